The van der Waals surface area contributed by atoms with Crippen LogP contribution in [0.4, 0.5) is 0 Å². The molecular formula is C16H32O. The van der Waals surface area contributed by atoms with Gasteiger partial charge in [0.2, 0.25) is 0 Å². The van der Waals surface area contributed by atoms with E-state index in [-0.39, 0.29) is 0 Å². The number of hydrogen-bond acceptors (Lipinski definition) is 1. The summed E-state index contributed by atoms with van der Waals surface area (Å²) in [5.74, 6) is 0. The first-order valence-electron chi connectivity index (χ1n) is 7.45. The molecule has 0 aromatic rings. The van der Waals surface area contributed by atoms with Crippen molar-refractivity contribution in [1.82, 2.24) is 0 Å². The molecule has 0 heterocycles. The molecular weight excluding hydrogens is 208 g/mol. The Balaban J connectivity index is 3.65. The summed E-state index contributed by atoms with van der Waals surface area (Å²) in [5, 5.41) is 10.3. The van der Waals surface area contributed by atoms with Gasteiger partial charge in [-0.25, -0.2) is 0 Å². The topological polar surface area (TPSA) is 20.2 Å². The van der Waals surface area contributed by atoms with Crippen LogP contribution in [0.5, 0.6) is 0 Å². The summed E-state index contributed by atoms with van der Waals surface area (Å²) in [4.78, 5) is 0. The van der Waals surface area contributed by atoms with Gasteiger partial charge in [-0.3, -0.25) is 0 Å². The Kier molecular flexibility index (Phi) is 9.53. The predicted octanol–water partition coefficient (Wildman–Crippen LogP) is 5.23. The van der Waals surface area contributed by atoms with Crippen LogP contribution in [-0.2, 0) is 0 Å². The zero-order chi connectivity index (χ0) is 13.1. The van der Waals surface area contributed by atoms with Crippen molar-refractivity contribution in [3.8, 4) is 0 Å². The molecule has 1 atom stereocenters. The molecule has 0 aromatic heterocycles. The van der Waals surface area contributed by atoms with Crippen molar-refractivity contribution in [3.63, 3.8) is 0 Å². The van der Waals surface area contributed by atoms with Gasteiger partial charge < -0.3 is 5.11 Å². The van der Waals surface area contributed by atoms with E-state index in [4.69, 9.17) is 0 Å². The van der Waals surface area contributed by atoms with Crippen LogP contribution >= 0.6 is 0 Å². The molecule has 17 heavy (non-hydrogen) atoms. The summed E-state index contributed by atoms with van der Waals surface area (Å²) in [5.41, 5.74) is 0.382. The molecule has 0 aromatic carbocycles. The molecule has 0 aliphatic heterocycles. The van der Waals surface area contributed by atoms with Crippen LogP contribution in [0.1, 0.15) is 85.0 Å². The monoisotopic (exact) mass is 240 g/mol. The second-order valence-corrected chi connectivity index (χ2v) is 5.50. The van der Waals surface area contributed by atoms with Crippen LogP contribution in [0.25, 0.3) is 0 Å². The molecule has 0 bridgehead atoms. The van der Waals surface area contributed by atoms with E-state index in [0.29, 0.717) is 0 Å². The Bertz CT molecular complexity index is 194. The summed E-state index contributed by atoms with van der Waals surface area (Å²) in [6, 6.07) is 0. The van der Waals surface area contributed by atoms with Crippen LogP contribution in [0.2, 0.25) is 0 Å². The van der Waals surface area contributed by atoms with Gasteiger partial charge in [-0.1, -0.05) is 65.4 Å². The van der Waals surface area contributed by atoms with E-state index in [1.54, 1.807) is 0 Å². The standard InChI is InChI=1S/C16H32O/c1-5-7-9-10-11-12-14-16(4,17)15(3)13-8-6-2/h17H,3,5-14H2,1-2,4H3. The maximum atomic E-state index is 10.3. The normalized spacial score (nSPS) is 14.6. The van der Waals surface area contributed by atoms with Gasteiger partial charge >= 0.3 is 0 Å². The first kappa shape index (κ1) is 16.7. The molecule has 0 spiro atoms. The highest BCUT2D eigenvalue weighted by atomic mass is 16.3. The molecule has 0 aliphatic rings. The maximum Gasteiger partial charge on any atom is 0.0826 e. The Morgan fingerprint density at radius 1 is 0.941 bits per heavy atom. The smallest absolute Gasteiger partial charge is 0.0826 e. The first-order chi connectivity index (χ1) is 8.04. The van der Waals surface area contributed by atoms with E-state index in [1.807, 2.05) is 6.92 Å². The molecule has 0 saturated heterocycles. The molecule has 1 unspecified atom stereocenters. The van der Waals surface area contributed by atoms with Crippen molar-refractivity contribution in [2.45, 2.75) is 90.6 Å². The lowest BCUT2D eigenvalue weighted by molar-refractivity contribution is 0.0823. The minimum Gasteiger partial charge on any atom is -0.386 e. The van der Waals surface area contributed by atoms with Crippen molar-refractivity contribution in [2.75, 3.05) is 0 Å². The number of aliphatic hydroxyl groups is 1. The SMILES string of the molecule is C=C(CCCC)C(C)(O)CCCCCCCC. The molecule has 102 valence electrons. The molecule has 0 amide bonds. The fourth-order valence-corrected chi connectivity index (χ4v) is 2.09. The van der Waals surface area contributed by atoms with Crippen molar-refractivity contribution < 1.29 is 5.11 Å². The molecule has 0 radical (unpaired) electrons. The molecule has 1 heteroatoms. The van der Waals surface area contributed by atoms with Gasteiger partial charge in [0, 0.05) is 0 Å². The molecule has 0 aliphatic carbocycles. The van der Waals surface area contributed by atoms with Gasteiger partial charge in [0.15, 0.2) is 0 Å². The molecule has 1 N–H and O–H groups in total. The quantitative estimate of drug-likeness (QED) is 0.387. The number of unbranched alkanes of at least 4 members (excludes halogenated alkanes) is 6. The van der Waals surface area contributed by atoms with E-state index < -0.39 is 5.60 Å². The highest BCUT2D eigenvalue weighted by molar-refractivity contribution is 5.10. The second-order valence-electron chi connectivity index (χ2n) is 5.50. The van der Waals surface area contributed by atoms with Crippen LogP contribution in [0, 0.1) is 0 Å². The third-order valence-electron chi connectivity index (χ3n) is 3.61. The van der Waals surface area contributed by atoms with E-state index in [1.165, 1.54) is 38.5 Å². The lowest BCUT2D eigenvalue weighted by atomic mass is 9.88. The van der Waals surface area contributed by atoms with Crippen molar-refractivity contribution in [1.29, 1.82) is 0 Å². The van der Waals surface area contributed by atoms with Gasteiger partial charge in [-0.05, 0) is 31.8 Å². The Hall–Kier alpha value is -0.300. The van der Waals surface area contributed by atoms with Crippen molar-refractivity contribution in [3.05, 3.63) is 12.2 Å². The Labute approximate surface area is 108 Å². The van der Waals surface area contributed by atoms with Crippen LogP contribution < -0.4 is 0 Å². The Morgan fingerprint density at radius 2 is 1.47 bits per heavy atom. The predicted molar refractivity (Wildman–Crippen MR) is 77.3 cm³/mol. The van der Waals surface area contributed by atoms with Crippen molar-refractivity contribution >= 4 is 0 Å². The third-order valence-corrected chi connectivity index (χ3v) is 3.61. The lowest BCUT2D eigenvalue weighted by Crippen LogP contribution is -2.26. The minimum absolute atomic E-state index is 0.639. The zero-order valence-electron chi connectivity index (χ0n) is 12.2. The summed E-state index contributed by atoms with van der Waals surface area (Å²) in [6.45, 7) is 10.4. The summed E-state index contributed by atoms with van der Waals surface area (Å²) >= 11 is 0. The van der Waals surface area contributed by atoms with E-state index in [2.05, 4.69) is 20.4 Å². The highest BCUT2D eigenvalue weighted by Gasteiger charge is 2.22. The average molecular weight is 240 g/mol. The molecule has 0 saturated carbocycles. The second kappa shape index (κ2) is 9.70. The largest absolute Gasteiger partial charge is 0.386 e. The average Bonchev–Trinajstić information content (AvgIpc) is 2.30. The highest BCUT2D eigenvalue weighted by Crippen LogP contribution is 2.26. The van der Waals surface area contributed by atoms with Gasteiger partial charge in [0.1, 0.15) is 0 Å². The zero-order valence-corrected chi connectivity index (χ0v) is 12.2. The van der Waals surface area contributed by atoms with Crippen LogP contribution in [0.3, 0.4) is 0 Å². The molecule has 1 nitrogen and oxygen atoms in total. The van der Waals surface area contributed by atoms with Gasteiger partial charge in [-0.15, -0.1) is 0 Å². The fourth-order valence-electron chi connectivity index (χ4n) is 2.09. The number of rotatable bonds is 11. The molecule has 0 rings (SSSR count). The summed E-state index contributed by atoms with van der Waals surface area (Å²) in [7, 11) is 0. The summed E-state index contributed by atoms with van der Waals surface area (Å²) in [6.07, 6.45) is 11.8. The first-order valence-corrected chi connectivity index (χ1v) is 7.45. The van der Waals surface area contributed by atoms with E-state index in [0.717, 1.165) is 31.3 Å². The summed E-state index contributed by atoms with van der Waals surface area (Å²) < 4.78 is 0. The maximum absolute atomic E-state index is 10.3. The van der Waals surface area contributed by atoms with Crippen LogP contribution in [-0.4, -0.2) is 10.7 Å². The molecule has 0 fully saturated rings. The van der Waals surface area contributed by atoms with E-state index in [9.17, 15) is 5.11 Å². The van der Waals surface area contributed by atoms with Gasteiger partial charge in [0.25, 0.3) is 0 Å². The fraction of sp³-hybridized carbons (Fsp3) is 0.875. The third kappa shape index (κ3) is 8.43. The van der Waals surface area contributed by atoms with Gasteiger partial charge in [-0.2, -0.15) is 0 Å². The van der Waals surface area contributed by atoms with Gasteiger partial charge in [0.05, 0.1) is 5.60 Å². The van der Waals surface area contributed by atoms with Crippen LogP contribution in [0.15, 0.2) is 12.2 Å². The minimum atomic E-state index is -0.639. The number of hydrogen-bond donors (Lipinski definition) is 1. The Morgan fingerprint density at radius 3 is 2.06 bits per heavy atom. The lowest BCUT2D eigenvalue weighted by Gasteiger charge is -2.26. The van der Waals surface area contributed by atoms with E-state index >= 15 is 0 Å². The van der Waals surface area contributed by atoms with Crippen molar-refractivity contribution in [2.24, 2.45) is 0 Å².